The molecule has 0 aromatic carbocycles. The number of thioether (sulfide) groups is 1. The average Bonchev–Trinajstić information content (AvgIpc) is 3.28. The normalized spacial score (nSPS) is 17.0. The molecule has 0 bridgehead atoms. The van der Waals surface area contributed by atoms with Crippen molar-refractivity contribution >= 4 is 39.2 Å². The fourth-order valence-electron chi connectivity index (χ4n) is 3.63. The minimum absolute atomic E-state index is 0.0676. The average molecular weight is 364 g/mol. The molecule has 1 amide bonds. The van der Waals surface area contributed by atoms with Crippen molar-refractivity contribution in [3.05, 3.63) is 20.8 Å². The first-order chi connectivity index (χ1) is 11.7. The zero-order valence-corrected chi connectivity index (χ0v) is 15.5. The molecule has 0 atom stereocenters. The molecule has 7 heteroatoms. The van der Waals surface area contributed by atoms with Gasteiger partial charge in [-0.1, -0.05) is 11.8 Å². The first kappa shape index (κ1) is 16.1. The number of aryl methyl sites for hydroxylation is 2. The molecule has 5 nitrogen and oxygen atoms in total. The predicted octanol–water partition coefficient (Wildman–Crippen LogP) is 2.68. The van der Waals surface area contributed by atoms with Crippen molar-refractivity contribution in [1.29, 1.82) is 0 Å². The summed E-state index contributed by atoms with van der Waals surface area (Å²) in [5.74, 6) is 0.520. The number of hydrogen-bond acceptors (Lipinski definition) is 5. The van der Waals surface area contributed by atoms with E-state index < -0.39 is 0 Å². The summed E-state index contributed by atoms with van der Waals surface area (Å²) in [7, 11) is 0. The Bertz CT molecular complexity index is 850. The molecule has 4 rings (SSSR count). The second-order valence-electron chi connectivity index (χ2n) is 6.36. The van der Waals surface area contributed by atoms with E-state index >= 15 is 0 Å². The molecular formula is C17H21N3O2S2. The second kappa shape index (κ2) is 6.52. The Labute approximate surface area is 149 Å². The van der Waals surface area contributed by atoms with Gasteiger partial charge in [0.15, 0.2) is 5.16 Å². The first-order valence-corrected chi connectivity index (χ1v) is 10.4. The highest BCUT2D eigenvalue weighted by Gasteiger charge is 2.24. The van der Waals surface area contributed by atoms with Crippen LogP contribution in [0.15, 0.2) is 9.95 Å². The molecule has 0 N–H and O–H groups in total. The Balaban J connectivity index is 1.65. The van der Waals surface area contributed by atoms with Gasteiger partial charge >= 0.3 is 0 Å². The maximum Gasteiger partial charge on any atom is 0.263 e. The van der Waals surface area contributed by atoms with Crippen LogP contribution in [-0.4, -0.2) is 39.2 Å². The van der Waals surface area contributed by atoms with Crippen LogP contribution < -0.4 is 5.56 Å². The Morgan fingerprint density at radius 2 is 2.04 bits per heavy atom. The monoisotopic (exact) mass is 363 g/mol. The largest absolute Gasteiger partial charge is 0.342 e. The van der Waals surface area contributed by atoms with Crippen LogP contribution in [0.1, 0.15) is 36.6 Å². The molecule has 0 spiro atoms. The number of rotatable bonds is 4. The van der Waals surface area contributed by atoms with E-state index in [4.69, 9.17) is 4.98 Å². The van der Waals surface area contributed by atoms with Crippen LogP contribution in [0, 0.1) is 0 Å². The Morgan fingerprint density at radius 3 is 2.79 bits per heavy atom. The van der Waals surface area contributed by atoms with Crippen LogP contribution in [0.3, 0.4) is 0 Å². The van der Waals surface area contributed by atoms with Gasteiger partial charge in [-0.3, -0.25) is 14.2 Å². The van der Waals surface area contributed by atoms with E-state index in [1.54, 1.807) is 15.9 Å². The third kappa shape index (κ3) is 2.67. The molecule has 2 aliphatic rings. The number of fused-ring (bicyclic) bond motifs is 3. The van der Waals surface area contributed by atoms with Gasteiger partial charge in [0.1, 0.15) is 4.83 Å². The van der Waals surface area contributed by atoms with Gasteiger partial charge in [-0.15, -0.1) is 11.3 Å². The molecule has 0 saturated carbocycles. The van der Waals surface area contributed by atoms with Crippen molar-refractivity contribution in [3.63, 3.8) is 0 Å². The minimum atomic E-state index is 0.0676. The summed E-state index contributed by atoms with van der Waals surface area (Å²) in [6.45, 7) is 4.29. The van der Waals surface area contributed by atoms with Crippen molar-refractivity contribution in [2.24, 2.45) is 0 Å². The van der Waals surface area contributed by atoms with E-state index in [9.17, 15) is 9.59 Å². The van der Waals surface area contributed by atoms with Crippen molar-refractivity contribution in [1.82, 2.24) is 14.5 Å². The quantitative estimate of drug-likeness (QED) is 0.619. The molecule has 2 aromatic heterocycles. The Kier molecular flexibility index (Phi) is 4.39. The standard InChI is InChI=1S/C17H21N3O2S2/c1-2-20-16(22)14-11-6-5-7-12(11)24-15(14)18-17(20)23-10-13(21)19-8-3-4-9-19/h2-10H2,1H3. The van der Waals surface area contributed by atoms with Gasteiger partial charge in [-0.25, -0.2) is 4.98 Å². The maximum absolute atomic E-state index is 12.9. The van der Waals surface area contributed by atoms with Crippen LogP contribution in [0.25, 0.3) is 10.2 Å². The summed E-state index contributed by atoms with van der Waals surface area (Å²) in [6.07, 6.45) is 5.40. The highest BCUT2D eigenvalue weighted by atomic mass is 32.2. The molecule has 1 saturated heterocycles. The fraction of sp³-hybridized carbons (Fsp3) is 0.588. The van der Waals surface area contributed by atoms with Crippen LogP contribution in [0.4, 0.5) is 0 Å². The van der Waals surface area contributed by atoms with Gasteiger partial charge in [0.25, 0.3) is 5.56 Å². The van der Waals surface area contributed by atoms with Gasteiger partial charge in [0.05, 0.1) is 11.1 Å². The highest BCUT2D eigenvalue weighted by Crippen LogP contribution is 2.35. The summed E-state index contributed by atoms with van der Waals surface area (Å²) < 4.78 is 1.73. The first-order valence-electron chi connectivity index (χ1n) is 8.64. The summed E-state index contributed by atoms with van der Waals surface area (Å²) in [4.78, 5) is 34.0. The molecule has 1 aliphatic heterocycles. The number of likely N-dealkylation sites (tertiary alicyclic amines) is 1. The zero-order chi connectivity index (χ0) is 16.7. The molecule has 128 valence electrons. The van der Waals surface area contributed by atoms with E-state index in [2.05, 4.69) is 0 Å². The van der Waals surface area contributed by atoms with Crippen molar-refractivity contribution in [2.75, 3.05) is 18.8 Å². The third-order valence-electron chi connectivity index (χ3n) is 4.89. The number of amides is 1. The minimum Gasteiger partial charge on any atom is -0.342 e. The molecule has 0 radical (unpaired) electrons. The smallest absolute Gasteiger partial charge is 0.263 e. The van der Waals surface area contributed by atoms with E-state index in [0.717, 1.165) is 55.4 Å². The van der Waals surface area contributed by atoms with E-state index in [0.29, 0.717) is 17.5 Å². The lowest BCUT2D eigenvalue weighted by Crippen LogP contribution is -2.30. The summed E-state index contributed by atoms with van der Waals surface area (Å²) in [5.41, 5.74) is 1.29. The lowest BCUT2D eigenvalue weighted by atomic mass is 10.2. The van der Waals surface area contributed by atoms with Crippen LogP contribution in [0.5, 0.6) is 0 Å². The van der Waals surface area contributed by atoms with Crippen LogP contribution >= 0.6 is 23.1 Å². The summed E-state index contributed by atoms with van der Waals surface area (Å²) >= 11 is 3.06. The highest BCUT2D eigenvalue weighted by molar-refractivity contribution is 7.99. The lowest BCUT2D eigenvalue weighted by Gasteiger charge is -2.15. The number of nitrogens with zero attached hydrogens (tertiary/aromatic N) is 3. The zero-order valence-electron chi connectivity index (χ0n) is 13.8. The third-order valence-corrected chi connectivity index (χ3v) is 7.04. The van der Waals surface area contributed by atoms with Gasteiger partial charge in [0, 0.05) is 24.5 Å². The number of aromatic nitrogens is 2. The van der Waals surface area contributed by atoms with Crippen molar-refractivity contribution in [3.8, 4) is 0 Å². The topological polar surface area (TPSA) is 55.2 Å². The molecule has 0 unspecified atom stereocenters. The van der Waals surface area contributed by atoms with Crippen LogP contribution in [-0.2, 0) is 24.2 Å². The Morgan fingerprint density at radius 1 is 1.25 bits per heavy atom. The SMILES string of the molecule is CCn1c(SCC(=O)N2CCCC2)nc2sc3c(c2c1=O)CCC3. The molecule has 1 fully saturated rings. The number of thiophene rings is 1. The number of carbonyl (C=O) groups excluding carboxylic acids is 1. The van der Waals surface area contributed by atoms with Gasteiger partial charge in [0.2, 0.25) is 5.91 Å². The molecular weight excluding hydrogens is 342 g/mol. The molecule has 3 heterocycles. The summed E-state index contributed by atoms with van der Waals surface area (Å²) in [5, 5.41) is 1.51. The molecule has 24 heavy (non-hydrogen) atoms. The molecule has 2 aromatic rings. The number of carbonyl (C=O) groups is 1. The van der Waals surface area contributed by atoms with Crippen LogP contribution in [0.2, 0.25) is 0 Å². The fourth-order valence-corrected chi connectivity index (χ4v) is 5.90. The van der Waals surface area contributed by atoms with Gasteiger partial charge < -0.3 is 4.90 Å². The van der Waals surface area contributed by atoms with Crippen molar-refractivity contribution in [2.45, 2.75) is 50.7 Å². The van der Waals surface area contributed by atoms with E-state index in [1.165, 1.54) is 22.2 Å². The Hall–Kier alpha value is -1.34. The van der Waals surface area contributed by atoms with E-state index in [-0.39, 0.29) is 11.5 Å². The van der Waals surface area contributed by atoms with E-state index in [1.807, 2.05) is 11.8 Å². The van der Waals surface area contributed by atoms with Gasteiger partial charge in [-0.2, -0.15) is 0 Å². The van der Waals surface area contributed by atoms with Gasteiger partial charge in [-0.05, 0) is 44.6 Å². The second-order valence-corrected chi connectivity index (χ2v) is 8.38. The van der Waals surface area contributed by atoms with Crippen molar-refractivity contribution < 1.29 is 4.79 Å². The molecule has 1 aliphatic carbocycles. The summed E-state index contributed by atoms with van der Waals surface area (Å²) in [6, 6.07) is 0. The number of hydrogen-bond donors (Lipinski definition) is 0. The predicted molar refractivity (Wildman–Crippen MR) is 98.1 cm³/mol. The maximum atomic E-state index is 12.9. The lowest BCUT2D eigenvalue weighted by molar-refractivity contribution is -0.127.